The van der Waals surface area contributed by atoms with E-state index in [9.17, 15) is 9.50 Å². The third-order valence-electron chi connectivity index (χ3n) is 2.21. The third-order valence-corrected chi connectivity index (χ3v) is 2.21. The van der Waals surface area contributed by atoms with Gasteiger partial charge in [-0.25, -0.2) is 4.39 Å². The summed E-state index contributed by atoms with van der Waals surface area (Å²) in [6.45, 7) is 0.549. The molecule has 0 fully saturated rings. The van der Waals surface area contributed by atoms with Gasteiger partial charge in [-0.3, -0.25) is 0 Å². The Balaban J connectivity index is 2.42. The zero-order valence-corrected chi connectivity index (χ0v) is 7.16. The highest BCUT2D eigenvalue weighted by atomic mass is 19.1. The van der Waals surface area contributed by atoms with Crippen molar-refractivity contribution in [2.45, 2.75) is 18.9 Å². The van der Waals surface area contributed by atoms with E-state index in [2.05, 4.69) is 0 Å². The molecule has 0 aromatic heterocycles. The number of aliphatic hydroxyl groups excluding tert-OH is 1. The zero-order valence-electron chi connectivity index (χ0n) is 7.16. The zero-order chi connectivity index (χ0) is 9.26. The number of benzene rings is 1. The van der Waals surface area contributed by atoms with Gasteiger partial charge in [0.25, 0.3) is 0 Å². The van der Waals surface area contributed by atoms with Gasteiger partial charge in [0, 0.05) is 11.6 Å². The van der Waals surface area contributed by atoms with Crippen molar-refractivity contribution in [3.63, 3.8) is 0 Å². The highest BCUT2D eigenvalue weighted by molar-refractivity contribution is 5.36. The Bertz CT molecular complexity index is 312. The minimum Gasteiger partial charge on any atom is -0.493 e. The summed E-state index contributed by atoms with van der Waals surface area (Å²) >= 11 is 0. The molecule has 0 saturated heterocycles. The molecular weight excluding hydrogens is 171 g/mol. The predicted octanol–water partition coefficient (Wildman–Crippen LogP) is 2.03. The summed E-state index contributed by atoms with van der Waals surface area (Å²) in [6.07, 6.45) is 0.967. The summed E-state index contributed by atoms with van der Waals surface area (Å²) in [4.78, 5) is 0. The molecule has 0 amide bonds. The minimum absolute atomic E-state index is 0.326. The predicted molar refractivity (Wildman–Crippen MR) is 46.1 cm³/mol. The van der Waals surface area contributed by atoms with Crippen LogP contribution in [0.2, 0.25) is 0 Å². The van der Waals surface area contributed by atoms with Gasteiger partial charge in [-0.2, -0.15) is 0 Å². The van der Waals surface area contributed by atoms with E-state index in [-0.39, 0.29) is 5.82 Å². The maximum absolute atomic E-state index is 12.8. The van der Waals surface area contributed by atoms with Gasteiger partial charge in [-0.1, -0.05) is 0 Å². The van der Waals surface area contributed by atoms with Gasteiger partial charge in [0.1, 0.15) is 11.6 Å². The standard InChI is InChI=1S/C10H11FO2/c11-7-3-4-8-9(12)2-1-5-13-10(8)6-7/h3-4,6,9,12H,1-2,5H2/t9-/m0/s1. The molecule has 1 aliphatic heterocycles. The van der Waals surface area contributed by atoms with E-state index in [1.807, 2.05) is 0 Å². The van der Waals surface area contributed by atoms with Gasteiger partial charge in [-0.05, 0) is 25.0 Å². The number of rotatable bonds is 0. The Morgan fingerprint density at radius 1 is 1.46 bits per heavy atom. The first-order valence-electron chi connectivity index (χ1n) is 4.37. The average Bonchev–Trinajstić information content (AvgIpc) is 2.28. The monoisotopic (exact) mass is 182 g/mol. The lowest BCUT2D eigenvalue weighted by Gasteiger charge is -2.09. The molecule has 2 nitrogen and oxygen atoms in total. The smallest absolute Gasteiger partial charge is 0.128 e. The first-order valence-corrected chi connectivity index (χ1v) is 4.37. The van der Waals surface area contributed by atoms with Gasteiger partial charge < -0.3 is 9.84 Å². The van der Waals surface area contributed by atoms with Gasteiger partial charge in [0.2, 0.25) is 0 Å². The topological polar surface area (TPSA) is 29.5 Å². The van der Waals surface area contributed by atoms with Crippen molar-refractivity contribution in [2.75, 3.05) is 6.61 Å². The summed E-state index contributed by atoms with van der Waals surface area (Å²) < 4.78 is 18.1. The maximum atomic E-state index is 12.8. The van der Waals surface area contributed by atoms with Crippen LogP contribution in [0.25, 0.3) is 0 Å². The molecule has 0 bridgehead atoms. The summed E-state index contributed by atoms with van der Waals surface area (Å²) in [5, 5.41) is 9.63. The maximum Gasteiger partial charge on any atom is 0.128 e. The van der Waals surface area contributed by atoms with Crippen LogP contribution in [0.4, 0.5) is 4.39 Å². The number of halogens is 1. The van der Waals surface area contributed by atoms with Crippen molar-refractivity contribution < 1.29 is 14.2 Å². The molecule has 1 aliphatic rings. The number of hydrogen-bond acceptors (Lipinski definition) is 2. The number of ether oxygens (including phenoxy) is 1. The Kier molecular flexibility index (Phi) is 2.19. The molecule has 0 aliphatic carbocycles. The molecule has 0 saturated carbocycles. The minimum atomic E-state index is -0.516. The fourth-order valence-electron chi connectivity index (χ4n) is 1.52. The van der Waals surface area contributed by atoms with Crippen molar-refractivity contribution in [2.24, 2.45) is 0 Å². The van der Waals surface area contributed by atoms with E-state index < -0.39 is 6.10 Å². The number of aliphatic hydroxyl groups is 1. The average molecular weight is 182 g/mol. The molecule has 1 aromatic carbocycles. The quantitative estimate of drug-likeness (QED) is 0.665. The molecule has 2 rings (SSSR count). The SMILES string of the molecule is O[C@H]1CCCOc2cc(F)ccc21. The van der Waals surface area contributed by atoms with Crippen LogP contribution < -0.4 is 4.74 Å². The summed E-state index contributed by atoms with van der Waals surface area (Å²) in [7, 11) is 0. The van der Waals surface area contributed by atoms with Crippen LogP contribution >= 0.6 is 0 Å². The highest BCUT2D eigenvalue weighted by Crippen LogP contribution is 2.31. The van der Waals surface area contributed by atoms with E-state index in [4.69, 9.17) is 4.74 Å². The van der Waals surface area contributed by atoms with Crippen molar-refractivity contribution in [1.82, 2.24) is 0 Å². The summed E-state index contributed by atoms with van der Waals surface area (Å²) in [5.41, 5.74) is 0.693. The molecule has 0 radical (unpaired) electrons. The van der Waals surface area contributed by atoms with Crippen molar-refractivity contribution >= 4 is 0 Å². The van der Waals surface area contributed by atoms with Crippen LogP contribution in [0, 0.1) is 5.82 Å². The van der Waals surface area contributed by atoms with Crippen LogP contribution in [-0.2, 0) is 0 Å². The Labute approximate surface area is 76.0 Å². The van der Waals surface area contributed by atoms with Crippen molar-refractivity contribution in [1.29, 1.82) is 0 Å². The van der Waals surface area contributed by atoms with E-state index in [1.54, 1.807) is 6.07 Å². The molecule has 1 N–H and O–H groups in total. The first kappa shape index (κ1) is 8.51. The van der Waals surface area contributed by atoms with Crippen LogP contribution in [0.5, 0.6) is 5.75 Å². The lowest BCUT2D eigenvalue weighted by Crippen LogP contribution is -1.96. The second-order valence-electron chi connectivity index (χ2n) is 3.19. The molecule has 0 unspecified atom stereocenters. The molecule has 1 atom stereocenters. The fourth-order valence-corrected chi connectivity index (χ4v) is 1.52. The normalized spacial score (nSPS) is 21.5. The first-order chi connectivity index (χ1) is 6.27. The van der Waals surface area contributed by atoms with E-state index in [0.717, 1.165) is 6.42 Å². The molecule has 0 spiro atoms. The molecule has 13 heavy (non-hydrogen) atoms. The lowest BCUT2D eigenvalue weighted by atomic mass is 10.1. The molecular formula is C10H11FO2. The molecule has 1 aromatic rings. The number of hydrogen-bond donors (Lipinski definition) is 1. The van der Waals surface area contributed by atoms with Crippen LogP contribution in [0.3, 0.4) is 0 Å². The largest absolute Gasteiger partial charge is 0.493 e. The molecule has 1 heterocycles. The van der Waals surface area contributed by atoms with Crippen LogP contribution in [0.15, 0.2) is 18.2 Å². The number of fused-ring (bicyclic) bond motifs is 1. The lowest BCUT2D eigenvalue weighted by molar-refractivity contribution is 0.167. The van der Waals surface area contributed by atoms with Gasteiger partial charge >= 0.3 is 0 Å². The fraction of sp³-hybridized carbons (Fsp3) is 0.400. The van der Waals surface area contributed by atoms with E-state index >= 15 is 0 Å². The van der Waals surface area contributed by atoms with Gasteiger partial charge in [-0.15, -0.1) is 0 Å². The van der Waals surface area contributed by atoms with E-state index in [1.165, 1.54) is 12.1 Å². The van der Waals surface area contributed by atoms with Gasteiger partial charge in [0.05, 0.1) is 12.7 Å². The Morgan fingerprint density at radius 3 is 3.15 bits per heavy atom. The highest BCUT2D eigenvalue weighted by Gasteiger charge is 2.17. The summed E-state index contributed by atoms with van der Waals surface area (Å²) in [6, 6.07) is 4.25. The Morgan fingerprint density at radius 2 is 2.31 bits per heavy atom. The van der Waals surface area contributed by atoms with Crippen molar-refractivity contribution in [3.8, 4) is 5.75 Å². The van der Waals surface area contributed by atoms with E-state index in [0.29, 0.717) is 24.3 Å². The van der Waals surface area contributed by atoms with Crippen molar-refractivity contribution in [3.05, 3.63) is 29.6 Å². The Hall–Kier alpha value is -1.09. The third kappa shape index (κ3) is 1.65. The molecule has 70 valence electrons. The van der Waals surface area contributed by atoms with Crippen LogP contribution in [0.1, 0.15) is 24.5 Å². The second-order valence-corrected chi connectivity index (χ2v) is 3.19. The summed E-state index contributed by atoms with van der Waals surface area (Å²) in [5.74, 6) is 0.151. The van der Waals surface area contributed by atoms with Crippen LogP contribution in [-0.4, -0.2) is 11.7 Å². The molecule has 3 heteroatoms. The second kappa shape index (κ2) is 3.34. The van der Waals surface area contributed by atoms with Gasteiger partial charge in [0.15, 0.2) is 0 Å².